The molecule has 54 heavy (non-hydrogen) atoms. The van der Waals surface area contributed by atoms with Gasteiger partial charge in [-0.05, 0) is 162 Å². The molecule has 6 rings (SSSR count). The first kappa shape index (κ1) is 39.4. The van der Waals surface area contributed by atoms with Crippen molar-refractivity contribution >= 4 is 79.2 Å². The third kappa shape index (κ3) is 10.9. The summed E-state index contributed by atoms with van der Waals surface area (Å²) in [5.41, 5.74) is 22.5. The lowest BCUT2D eigenvalue weighted by molar-refractivity contribution is -0.113. The van der Waals surface area contributed by atoms with E-state index in [4.69, 9.17) is 39.4 Å². The Balaban J connectivity index is 0.000000493. The molecular weight excluding hydrogens is 719 g/mol. The Morgan fingerprint density at radius 3 is 1.11 bits per heavy atom. The highest BCUT2D eigenvalue weighted by molar-refractivity contribution is 6.63. The topological polar surface area (TPSA) is 122 Å². The SMILES string of the molecule is COc1ccc(N(c2ccc(N)cc2)c2ccc(-c3ccc(N(c4ccc(N)cc4)c4ccc(CO)cc4)cc3)cc2)cc1.O=C(Cl)CCCCC(=O)Cl. The van der Waals surface area contributed by atoms with Crippen molar-refractivity contribution in [2.24, 2.45) is 0 Å². The lowest BCUT2D eigenvalue weighted by Crippen LogP contribution is -2.10. The fraction of sp³-hybridized carbons (Fsp3) is 0.136. The summed E-state index contributed by atoms with van der Waals surface area (Å²) in [5, 5.41) is 8.81. The van der Waals surface area contributed by atoms with Crippen LogP contribution in [0.1, 0.15) is 31.2 Å². The van der Waals surface area contributed by atoms with E-state index in [2.05, 4.69) is 58.3 Å². The average molecular weight is 762 g/mol. The first-order chi connectivity index (χ1) is 26.1. The maximum Gasteiger partial charge on any atom is 0.221 e. The van der Waals surface area contributed by atoms with Crippen molar-refractivity contribution < 1.29 is 19.4 Å². The highest BCUT2D eigenvalue weighted by atomic mass is 35.5. The number of carbonyl (C=O) groups is 2. The largest absolute Gasteiger partial charge is 0.497 e. The van der Waals surface area contributed by atoms with Crippen LogP contribution in [0.15, 0.2) is 146 Å². The molecule has 0 bridgehead atoms. The Morgan fingerprint density at radius 2 is 0.815 bits per heavy atom. The van der Waals surface area contributed by atoms with Gasteiger partial charge in [-0.15, -0.1) is 0 Å². The van der Waals surface area contributed by atoms with Crippen LogP contribution in [-0.4, -0.2) is 22.7 Å². The van der Waals surface area contributed by atoms with E-state index in [0.29, 0.717) is 31.4 Å². The molecule has 0 atom stereocenters. The van der Waals surface area contributed by atoms with E-state index in [1.807, 2.05) is 97.1 Å². The molecule has 0 spiro atoms. The van der Waals surface area contributed by atoms with Gasteiger partial charge >= 0.3 is 0 Å². The maximum atomic E-state index is 10.1. The van der Waals surface area contributed by atoms with Crippen molar-refractivity contribution in [1.29, 1.82) is 0 Å². The van der Waals surface area contributed by atoms with Gasteiger partial charge in [0.05, 0.1) is 13.7 Å². The number of carbonyl (C=O) groups excluding carboxylic acids is 2. The number of unbranched alkanes of at least 4 members (excludes halogenated alkanes) is 1. The Hall–Kier alpha value is -5.80. The van der Waals surface area contributed by atoms with Crippen molar-refractivity contribution in [3.63, 3.8) is 0 Å². The molecule has 276 valence electrons. The van der Waals surface area contributed by atoms with Crippen molar-refractivity contribution in [3.05, 3.63) is 151 Å². The Bertz CT molecular complexity index is 1940. The van der Waals surface area contributed by atoms with Crippen LogP contribution < -0.4 is 26.0 Å². The van der Waals surface area contributed by atoms with Gasteiger partial charge in [-0.2, -0.15) is 0 Å². The molecule has 0 aliphatic heterocycles. The molecule has 8 nitrogen and oxygen atoms in total. The molecule has 0 unspecified atom stereocenters. The van der Waals surface area contributed by atoms with Gasteiger partial charge < -0.3 is 31.1 Å². The standard InChI is InChI=1S/C38H34N4O2.C6H8Cl2O2/c1-44-38-24-22-37(23-25-38)42(36-20-10-31(40)11-21-36)34-16-6-29(7-17-34)28-4-14-33(15-5-28)41(35-18-8-30(39)9-19-35)32-12-2-27(26-43)3-13-32;7-5(9)3-1-2-4-6(8)10/h2-25,43H,26,39-40H2,1H3;1-4H2. The zero-order valence-electron chi connectivity index (χ0n) is 29.9. The molecular formula is C44H42Cl2N4O4. The van der Waals surface area contributed by atoms with Crippen LogP contribution in [0.2, 0.25) is 0 Å². The van der Waals surface area contributed by atoms with Gasteiger partial charge in [-0.1, -0.05) is 36.4 Å². The van der Waals surface area contributed by atoms with Crippen LogP contribution >= 0.6 is 23.2 Å². The number of nitrogens with two attached hydrogens (primary N) is 2. The molecule has 6 aromatic carbocycles. The molecule has 0 fully saturated rings. The number of ether oxygens (including phenoxy) is 1. The molecule has 0 radical (unpaired) electrons. The molecule has 0 heterocycles. The second kappa shape index (κ2) is 19.3. The minimum atomic E-state index is -0.359. The Labute approximate surface area is 326 Å². The van der Waals surface area contributed by atoms with Gasteiger partial charge in [-0.25, -0.2) is 0 Å². The third-order valence-corrected chi connectivity index (χ3v) is 8.97. The van der Waals surface area contributed by atoms with E-state index < -0.39 is 0 Å². The van der Waals surface area contributed by atoms with Crippen molar-refractivity contribution in [2.45, 2.75) is 32.3 Å². The van der Waals surface area contributed by atoms with E-state index >= 15 is 0 Å². The smallest absolute Gasteiger partial charge is 0.221 e. The highest BCUT2D eigenvalue weighted by Gasteiger charge is 2.15. The number of halogens is 2. The number of aliphatic hydroxyl groups excluding tert-OH is 1. The Morgan fingerprint density at radius 1 is 0.519 bits per heavy atom. The van der Waals surface area contributed by atoms with Crippen LogP contribution in [0.4, 0.5) is 45.5 Å². The van der Waals surface area contributed by atoms with Gasteiger partial charge in [0.1, 0.15) is 5.75 Å². The summed E-state index contributed by atoms with van der Waals surface area (Å²) < 4.78 is 5.38. The second-order valence-electron chi connectivity index (χ2n) is 12.4. The summed E-state index contributed by atoms with van der Waals surface area (Å²) in [6, 6.07) is 48.7. The van der Waals surface area contributed by atoms with Gasteiger partial charge in [0.15, 0.2) is 0 Å². The zero-order chi connectivity index (χ0) is 38.5. The number of hydrogen-bond acceptors (Lipinski definition) is 8. The number of benzene rings is 6. The average Bonchev–Trinajstić information content (AvgIpc) is 3.19. The number of nitrogens with zero attached hydrogens (tertiary/aromatic N) is 2. The van der Waals surface area contributed by atoms with Crippen LogP contribution in [0.5, 0.6) is 5.75 Å². The van der Waals surface area contributed by atoms with E-state index in [1.54, 1.807) is 7.11 Å². The number of methoxy groups -OCH3 is 1. The van der Waals surface area contributed by atoms with Crippen molar-refractivity contribution in [2.75, 3.05) is 28.4 Å². The zero-order valence-corrected chi connectivity index (χ0v) is 31.4. The molecule has 5 N–H and O–H groups in total. The molecule has 0 saturated carbocycles. The molecule has 0 aliphatic rings. The first-order valence-corrected chi connectivity index (χ1v) is 18.1. The van der Waals surface area contributed by atoms with Crippen LogP contribution in [0, 0.1) is 0 Å². The first-order valence-electron chi connectivity index (χ1n) is 17.4. The molecule has 0 amide bonds. The lowest BCUT2D eigenvalue weighted by atomic mass is 10.0. The lowest BCUT2D eigenvalue weighted by Gasteiger charge is -2.26. The van der Waals surface area contributed by atoms with E-state index in [0.717, 1.165) is 62.3 Å². The molecule has 6 aromatic rings. The Kier molecular flexibility index (Phi) is 14.1. The van der Waals surface area contributed by atoms with Crippen LogP contribution in [-0.2, 0) is 16.2 Å². The molecule has 0 aromatic heterocycles. The highest BCUT2D eigenvalue weighted by Crippen LogP contribution is 2.38. The van der Waals surface area contributed by atoms with E-state index in [-0.39, 0.29) is 17.1 Å². The minimum Gasteiger partial charge on any atom is -0.497 e. The maximum absolute atomic E-state index is 10.1. The van der Waals surface area contributed by atoms with Gasteiger partial charge in [0.25, 0.3) is 0 Å². The second-order valence-corrected chi connectivity index (χ2v) is 13.2. The minimum absolute atomic E-state index is 0.00741. The third-order valence-electron chi connectivity index (χ3n) is 8.59. The normalized spacial score (nSPS) is 10.5. The number of rotatable bonds is 14. The van der Waals surface area contributed by atoms with E-state index in [9.17, 15) is 14.7 Å². The quantitative estimate of drug-likeness (QED) is 0.0570. The number of aliphatic hydroxyl groups is 1. The summed E-state index contributed by atoms with van der Waals surface area (Å²) in [5.74, 6) is 0.807. The van der Waals surface area contributed by atoms with Gasteiger partial charge in [0, 0.05) is 58.3 Å². The van der Waals surface area contributed by atoms with Crippen LogP contribution in [0.3, 0.4) is 0 Å². The summed E-state index contributed by atoms with van der Waals surface area (Å²) >= 11 is 10.1. The molecule has 0 saturated heterocycles. The number of hydrogen-bond donors (Lipinski definition) is 3. The van der Waals surface area contributed by atoms with Crippen LogP contribution in [0.25, 0.3) is 11.1 Å². The van der Waals surface area contributed by atoms with Gasteiger partial charge in [-0.3, -0.25) is 9.59 Å². The van der Waals surface area contributed by atoms with Gasteiger partial charge in [0.2, 0.25) is 10.5 Å². The van der Waals surface area contributed by atoms with Crippen molar-refractivity contribution in [3.8, 4) is 16.9 Å². The number of anilines is 8. The monoisotopic (exact) mass is 760 g/mol. The fourth-order valence-corrected chi connectivity index (χ4v) is 6.02. The van der Waals surface area contributed by atoms with Crippen molar-refractivity contribution in [1.82, 2.24) is 0 Å². The molecule has 10 heteroatoms. The van der Waals surface area contributed by atoms with E-state index in [1.165, 1.54) is 0 Å². The predicted octanol–water partition coefficient (Wildman–Crippen LogP) is 11.0. The fourth-order valence-electron chi connectivity index (χ4n) is 5.76. The summed E-state index contributed by atoms with van der Waals surface area (Å²) in [4.78, 5) is 24.6. The summed E-state index contributed by atoms with van der Waals surface area (Å²) in [6.45, 7) is 0.00741. The predicted molar refractivity (Wildman–Crippen MR) is 223 cm³/mol. The summed E-state index contributed by atoms with van der Waals surface area (Å²) in [7, 11) is 1.67. The number of nitrogen functional groups attached to an aromatic ring is 2. The molecule has 0 aliphatic carbocycles. The summed E-state index contributed by atoms with van der Waals surface area (Å²) in [6.07, 6.45) is 1.93.